The molecule has 1 aromatic rings. The van der Waals surface area contributed by atoms with Crippen molar-refractivity contribution in [2.75, 3.05) is 14.2 Å². The van der Waals surface area contributed by atoms with E-state index in [4.69, 9.17) is 4.74 Å². The van der Waals surface area contributed by atoms with Crippen molar-refractivity contribution in [2.24, 2.45) is 0 Å². The zero-order valence-electron chi connectivity index (χ0n) is 11.4. The van der Waals surface area contributed by atoms with Crippen molar-refractivity contribution < 1.29 is 4.74 Å². The van der Waals surface area contributed by atoms with Crippen molar-refractivity contribution in [2.45, 2.75) is 44.8 Å². The summed E-state index contributed by atoms with van der Waals surface area (Å²) in [5, 5.41) is 3.40. The molecule has 0 aliphatic heterocycles. The molecule has 0 radical (unpaired) electrons. The molecule has 0 aromatic carbocycles. The molecule has 0 spiro atoms. The van der Waals surface area contributed by atoms with Crippen LogP contribution in [0.25, 0.3) is 0 Å². The Hall–Kier alpha value is -0.930. The molecule has 3 heteroatoms. The van der Waals surface area contributed by atoms with Crippen molar-refractivity contribution >= 4 is 0 Å². The Labute approximate surface area is 105 Å². The summed E-state index contributed by atoms with van der Waals surface area (Å²) in [5.41, 5.74) is 1.21. The molecule has 1 unspecified atom stereocenters. The molecular weight excluding hydrogens is 212 g/mol. The molecule has 1 rings (SSSR count). The van der Waals surface area contributed by atoms with Gasteiger partial charge in [-0.15, -0.1) is 0 Å². The van der Waals surface area contributed by atoms with E-state index in [1.54, 1.807) is 0 Å². The second kappa shape index (κ2) is 6.72. The van der Waals surface area contributed by atoms with Crippen LogP contribution in [0.15, 0.2) is 24.5 Å². The van der Waals surface area contributed by atoms with Crippen LogP contribution in [0.1, 0.15) is 32.3 Å². The van der Waals surface area contributed by atoms with Crippen LogP contribution in [-0.2, 0) is 11.2 Å². The quantitative estimate of drug-likeness (QED) is 0.789. The molecule has 0 saturated carbocycles. The van der Waals surface area contributed by atoms with E-state index >= 15 is 0 Å². The Morgan fingerprint density at radius 1 is 1.29 bits per heavy atom. The van der Waals surface area contributed by atoms with E-state index in [2.05, 4.69) is 36.3 Å². The van der Waals surface area contributed by atoms with E-state index in [0.29, 0.717) is 6.04 Å². The van der Waals surface area contributed by atoms with Crippen LogP contribution in [0.3, 0.4) is 0 Å². The molecule has 1 heterocycles. The van der Waals surface area contributed by atoms with Gasteiger partial charge in [0, 0.05) is 25.5 Å². The molecule has 0 amide bonds. The molecule has 0 saturated heterocycles. The Balaban J connectivity index is 2.83. The van der Waals surface area contributed by atoms with E-state index in [-0.39, 0.29) is 5.60 Å². The summed E-state index contributed by atoms with van der Waals surface area (Å²) in [6.45, 7) is 4.37. The fourth-order valence-electron chi connectivity index (χ4n) is 2.48. The summed E-state index contributed by atoms with van der Waals surface area (Å²) in [6.07, 6.45) is 6.67. The minimum atomic E-state index is -0.0853. The lowest BCUT2D eigenvalue weighted by Crippen LogP contribution is -2.51. The Morgan fingerprint density at radius 3 is 2.29 bits per heavy atom. The maximum atomic E-state index is 5.78. The highest BCUT2D eigenvalue weighted by Crippen LogP contribution is 2.26. The number of hydrogen-bond acceptors (Lipinski definition) is 3. The normalized spacial score (nSPS) is 13.6. The first kappa shape index (κ1) is 14.1. The highest BCUT2D eigenvalue weighted by Gasteiger charge is 2.34. The number of methoxy groups -OCH3 is 1. The maximum Gasteiger partial charge on any atom is 0.0828 e. The summed E-state index contributed by atoms with van der Waals surface area (Å²) in [6, 6.07) is 4.46. The standard InChI is InChI=1S/C14H24N2O/c1-5-14(6-2,17-4)13(15-3)11-12-7-9-16-10-8-12/h7-10,13,15H,5-6,11H2,1-4H3. The zero-order valence-corrected chi connectivity index (χ0v) is 11.4. The van der Waals surface area contributed by atoms with Gasteiger partial charge in [-0.25, -0.2) is 0 Å². The van der Waals surface area contributed by atoms with Gasteiger partial charge in [0.15, 0.2) is 0 Å². The van der Waals surface area contributed by atoms with Gasteiger partial charge in [0.1, 0.15) is 0 Å². The summed E-state index contributed by atoms with van der Waals surface area (Å²) in [7, 11) is 3.81. The van der Waals surface area contributed by atoms with Crippen molar-refractivity contribution in [3.05, 3.63) is 30.1 Å². The van der Waals surface area contributed by atoms with Gasteiger partial charge >= 0.3 is 0 Å². The van der Waals surface area contributed by atoms with Crippen LogP contribution in [-0.4, -0.2) is 30.8 Å². The van der Waals surface area contributed by atoms with Crippen molar-refractivity contribution in [1.82, 2.24) is 10.3 Å². The second-order valence-electron chi connectivity index (χ2n) is 4.38. The first-order valence-electron chi connectivity index (χ1n) is 6.33. The zero-order chi connectivity index (χ0) is 12.7. The van der Waals surface area contributed by atoms with Gasteiger partial charge < -0.3 is 10.1 Å². The molecule has 0 bridgehead atoms. The van der Waals surface area contributed by atoms with Crippen molar-refractivity contribution in [3.63, 3.8) is 0 Å². The van der Waals surface area contributed by atoms with Gasteiger partial charge in [-0.3, -0.25) is 4.98 Å². The lowest BCUT2D eigenvalue weighted by molar-refractivity contribution is -0.0454. The minimum absolute atomic E-state index is 0.0853. The number of aromatic nitrogens is 1. The molecule has 17 heavy (non-hydrogen) atoms. The lowest BCUT2D eigenvalue weighted by Gasteiger charge is -2.38. The molecule has 0 aliphatic carbocycles. The molecule has 1 atom stereocenters. The summed E-state index contributed by atoms with van der Waals surface area (Å²) >= 11 is 0. The number of ether oxygens (including phenoxy) is 1. The van der Waals surface area contributed by atoms with Crippen molar-refractivity contribution in [3.8, 4) is 0 Å². The third kappa shape index (κ3) is 3.27. The predicted molar refractivity (Wildman–Crippen MR) is 71.1 cm³/mol. The van der Waals surface area contributed by atoms with Gasteiger partial charge in [-0.05, 0) is 44.0 Å². The molecule has 0 aliphatic rings. The second-order valence-corrected chi connectivity index (χ2v) is 4.38. The Kier molecular flexibility index (Phi) is 5.59. The SMILES string of the molecule is CCC(CC)(OC)C(Cc1ccncc1)NC. The average molecular weight is 236 g/mol. The smallest absolute Gasteiger partial charge is 0.0828 e. The van der Waals surface area contributed by atoms with Gasteiger partial charge in [-0.2, -0.15) is 0 Å². The third-order valence-electron chi connectivity index (χ3n) is 3.78. The molecule has 1 aromatic heterocycles. The Morgan fingerprint density at radius 2 is 1.88 bits per heavy atom. The van der Waals surface area contributed by atoms with Gasteiger partial charge in [0.2, 0.25) is 0 Å². The lowest BCUT2D eigenvalue weighted by atomic mass is 9.84. The first-order valence-corrected chi connectivity index (χ1v) is 6.33. The van der Waals surface area contributed by atoms with E-state index in [9.17, 15) is 0 Å². The van der Waals surface area contributed by atoms with Crippen LogP contribution < -0.4 is 5.32 Å². The van der Waals surface area contributed by atoms with E-state index in [0.717, 1.165) is 19.3 Å². The Bertz CT molecular complexity index is 301. The number of nitrogens with one attached hydrogen (secondary N) is 1. The highest BCUT2D eigenvalue weighted by molar-refractivity contribution is 5.13. The molecule has 3 nitrogen and oxygen atoms in total. The van der Waals surface area contributed by atoms with Crippen LogP contribution in [0.2, 0.25) is 0 Å². The van der Waals surface area contributed by atoms with E-state index in [1.807, 2.05) is 26.6 Å². The summed E-state index contributed by atoms with van der Waals surface area (Å²) < 4.78 is 5.78. The van der Waals surface area contributed by atoms with Crippen LogP contribution in [0.5, 0.6) is 0 Å². The van der Waals surface area contributed by atoms with Gasteiger partial charge in [-0.1, -0.05) is 13.8 Å². The number of rotatable bonds is 7. The van der Waals surface area contributed by atoms with Crippen LogP contribution in [0, 0.1) is 0 Å². The predicted octanol–water partition coefficient (Wildman–Crippen LogP) is 2.42. The summed E-state index contributed by atoms with van der Waals surface area (Å²) in [4.78, 5) is 4.05. The number of nitrogens with zero attached hydrogens (tertiary/aromatic N) is 1. The fraction of sp³-hybridized carbons (Fsp3) is 0.643. The fourth-order valence-corrected chi connectivity index (χ4v) is 2.48. The first-order chi connectivity index (χ1) is 8.22. The largest absolute Gasteiger partial charge is 0.377 e. The topological polar surface area (TPSA) is 34.1 Å². The molecule has 96 valence electrons. The van der Waals surface area contributed by atoms with Gasteiger partial charge in [0.05, 0.1) is 5.60 Å². The average Bonchev–Trinajstić information content (AvgIpc) is 2.41. The number of hydrogen-bond donors (Lipinski definition) is 1. The molecular formula is C14H24N2O. The third-order valence-corrected chi connectivity index (χ3v) is 3.78. The molecule has 0 fully saturated rings. The van der Waals surface area contributed by atoms with E-state index in [1.165, 1.54) is 5.56 Å². The van der Waals surface area contributed by atoms with E-state index < -0.39 is 0 Å². The number of likely N-dealkylation sites (N-methyl/N-ethyl adjacent to an activating group) is 1. The van der Waals surface area contributed by atoms with Crippen LogP contribution >= 0.6 is 0 Å². The maximum absolute atomic E-state index is 5.78. The van der Waals surface area contributed by atoms with Crippen LogP contribution in [0.4, 0.5) is 0 Å². The molecule has 1 N–H and O–H groups in total. The summed E-state index contributed by atoms with van der Waals surface area (Å²) in [5.74, 6) is 0. The van der Waals surface area contributed by atoms with Gasteiger partial charge in [0.25, 0.3) is 0 Å². The monoisotopic (exact) mass is 236 g/mol. The minimum Gasteiger partial charge on any atom is -0.377 e. The van der Waals surface area contributed by atoms with Crippen molar-refractivity contribution in [1.29, 1.82) is 0 Å². The highest BCUT2D eigenvalue weighted by atomic mass is 16.5. The number of pyridine rings is 1.